The highest BCUT2D eigenvalue weighted by Crippen LogP contribution is 2.29. The quantitative estimate of drug-likeness (QED) is 0.457. The van der Waals surface area contributed by atoms with Crippen molar-refractivity contribution in [3.8, 4) is 22.5 Å². The standard InChI is InChI=1S/C23H27N5O2/c1-15(2)20(22(29)30-23(3,4)5)24-14-16-10-12-17(13-11-16)18-8-6-7-9-19(18)21-25-27-28-26-21/h6-13,20,24H,1,14H2,2-5H3,(H,25,26,27,28)/t20-/m0/s1. The van der Waals surface area contributed by atoms with Crippen LogP contribution in [0.1, 0.15) is 33.3 Å². The Morgan fingerprint density at radius 3 is 2.37 bits per heavy atom. The number of H-pyrrole nitrogens is 1. The van der Waals surface area contributed by atoms with E-state index in [0.717, 1.165) is 27.8 Å². The minimum atomic E-state index is -0.553. The Labute approximate surface area is 176 Å². The van der Waals surface area contributed by atoms with Crippen LogP contribution in [-0.2, 0) is 16.1 Å². The van der Waals surface area contributed by atoms with E-state index >= 15 is 0 Å². The Balaban J connectivity index is 1.72. The number of rotatable bonds is 7. The lowest BCUT2D eigenvalue weighted by Crippen LogP contribution is -2.41. The van der Waals surface area contributed by atoms with Gasteiger partial charge in [-0.25, -0.2) is 4.79 Å². The van der Waals surface area contributed by atoms with Crippen LogP contribution in [0.4, 0.5) is 0 Å². The first-order valence-corrected chi connectivity index (χ1v) is 9.78. The normalized spacial score (nSPS) is 12.4. The number of aromatic amines is 1. The SMILES string of the molecule is C=C(C)[C@H](NCc1ccc(-c2ccccc2-c2nn[nH]n2)cc1)C(=O)OC(C)(C)C. The number of nitrogens with zero attached hydrogens (tertiary/aromatic N) is 3. The number of nitrogens with one attached hydrogen (secondary N) is 2. The van der Waals surface area contributed by atoms with Crippen molar-refractivity contribution < 1.29 is 9.53 Å². The van der Waals surface area contributed by atoms with Crippen LogP contribution in [-0.4, -0.2) is 38.2 Å². The minimum absolute atomic E-state index is 0.319. The fraction of sp³-hybridized carbons (Fsp3) is 0.304. The van der Waals surface area contributed by atoms with Crippen molar-refractivity contribution in [2.24, 2.45) is 0 Å². The minimum Gasteiger partial charge on any atom is -0.459 e. The molecule has 0 aliphatic carbocycles. The summed E-state index contributed by atoms with van der Waals surface area (Å²) in [6, 6.07) is 15.5. The van der Waals surface area contributed by atoms with E-state index < -0.39 is 11.6 Å². The van der Waals surface area contributed by atoms with Crippen molar-refractivity contribution in [3.05, 3.63) is 66.2 Å². The first kappa shape index (κ1) is 21.4. The molecule has 0 fully saturated rings. The lowest BCUT2D eigenvalue weighted by atomic mass is 9.98. The van der Waals surface area contributed by atoms with Gasteiger partial charge >= 0.3 is 5.97 Å². The molecule has 1 atom stereocenters. The molecule has 0 radical (unpaired) electrons. The van der Waals surface area contributed by atoms with Gasteiger partial charge in [-0.15, -0.1) is 10.2 Å². The second-order valence-electron chi connectivity index (χ2n) is 8.17. The summed E-state index contributed by atoms with van der Waals surface area (Å²) < 4.78 is 5.49. The summed E-state index contributed by atoms with van der Waals surface area (Å²) >= 11 is 0. The summed E-state index contributed by atoms with van der Waals surface area (Å²) in [4.78, 5) is 12.4. The third kappa shape index (κ3) is 5.39. The molecule has 0 saturated carbocycles. The van der Waals surface area contributed by atoms with E-state index in [1.165, 1.54) is 0 Å². The molecule has 7 nitrogen and oxygen atoms in total. The van der Waals surface area contributed by atoms with E-state index in [1.54, 1.807) is 0 Å². The number of aromatic nitrogens is 4. The van der Waals surface area contributed by atoms with Crippen molar-refractivity contribution in [1.29, 1.82) is 0 Å². The molecule has 0 bridgehead atoms. The van der Waals surface area contributed by atoms with Gasteiger partial charge in [0.25, 0.3) is 0 Å². The van der Waals surface area contributed by atoms with Crippen LogP contribution < -0.4 is 5.32 Å². The molecule has 0 unspecified atom stereocenters. The number of benzene rings is 2. The first-order valence-electron chi connectivity index (χ1n) is 9.78. The Morgan fingerprint density at radius 2 is 1.80 bits per heavy atom. The topological polar surface area (TPSA) is 92.8 Å². The largest absolute Gasteiger partial charge is 0.459 e. The second-order valence-corrected chi connectivity index (χ2v) is 8.17. The Hall–Kier alpha value is -3.32. The van der Waals surface area contributed by atoms with E-state index in [2.05, 4.69) is 32.5 Å². The third-order valence-electron chi connectivity index (χ3n) is 4.42. The predicted octanol–water partition coefficient (Wildman–Crippen LogP) is 3.91. The van der Waals surface area contributed by atoms with Crippen molar-refractivity contribution in [2.45, 2.75) is 45.9 Å². The summed E-state index contributed by atoms with van der Waals surface area (Å²) in [5, 5.41) is 17.6. The number of carbonyl (C=O) groups excluding carboxylic acids is 1. The molecule has 0 aliphatic rings. The maximum absolute atomic E-state index is 12.4. The van der Waals surface area contributed by atoms with Crippen molar-refractivity contribution in [2.75, 3.05) is 0 Å². The summed E-state index contributed by atoms with van der Waals surface area (Å²) in [6.45, 7) is 11.8. The molecule has 1 heterocycles. The zero-order valence-electron chi connectivity index (χ0n) is 17.8. The molecule has 0 aliphatic heterocycles. The molecule has 156 valence electrons. The zero-order valence-corrected chi connectivity index (χ0v) is 17.8. The summed E-state index contributed by atoms with van der Waals surface area (Å²) in [7, 11) is 0. The molecular weight excluding hydrogens is 378 g/mol. The molecular formula is C23H27N5O2. The highest BCUT2D eigenvalue weighted by atomic mass is 16.6. The van der Waals surface area contributed by atoms with Crippen LogP contribution in [0, 0.1) is 0 Å². The van der Waals surface area contributed by atoms with E-state index in [0.29, 0.717) is 12.4 Å². The van der Waals surface area contributed by atoms with E-state index in [9.17, 15) is 4.79 Å². The van der Waals surface area contributed by atoms with Crippen LogP contribution in [0.5, 0.6) is 0 Å². The highest BCUT2D eigenvalue weighted by molar-refractivity contribution is 5.80. The fourth-order valence-electron chi connectivity index (χ4n) is 3.05. The van der Waals surface area contributed by atoms with Gasteiger partial charge < -0.3 is 4.74 Å². The maximum atomic E-state index is 12.4. The van der Waals surface area contributed by atoms with Gasteiger partial charge in [-0.2, -0.15) is 5.21 Å². The zero-order chi connectivity index (χ0) is 21.7. The summed E-state index contributed by atoms with van der Waals surface area (Å²) in [5.41, 5.74) is 4.19. The molecule has 1 aromatic heterocycles. The maximum Gasteiger partial charge on any atom is 0.327 e. The molecule has 3 rings (SSSR count). The van der Waals surface area contributed by atoms with Gasteiger partial charge in [0.15, 0.2) is 0 Å². The molecule has 0 spiro atoms. The Morgan fingerprint density at radius 1 is 1.13 bits per heavy atom. The molecule has 3 aromatic rings. The van der Waals surface area contributed by atoms with Crippen LogP contribution in [0.25, 0.3) is 22.5 Å². The summed E-state index contributed by atoms with van der Waals surface area (Å²) in [5.74, 6) is 0.235. The lowest BCUT2D eigenvalue weighted by molar-refractivity contribution is -0.156. The van der Waals surface area contributed by atoms with Gasteiger partial charge in [0, 0.05) is 12.1 Å². The van der Waals surface area contributed by atoms with E-state index in [1.807, 2.05) is 76.2 Å². The van der Waals surface area contributed by atoms with Crippen LogP contribution in [0.2, 0.25) is 0 Å². The Bertz CT molecular complexity index is 1000. The summed E-state index contributed by atoms with van der Waals surface area (Å²) in [6.07, 6.45) is 0. The van der Waals surface area contributed by atoms with Crippen LogP contribution >= 0.6 is 0 Å². The number of hydrogen-bond donors (Lipinski definition) is 2. The van der Waals surface area contributed by atoms with Crippen molar-refractivity contribution in [1.82, 2.24) is 25.9 Å². The molecule has 2 N–H and O–H groups in total. The highest BCUT2D eigenvalue weighted by Gasteiger charge is 2.25. The average Bonchev–Trinajstić information content (AvgIpc) is 3.22. The number of esters is 1. The van der Waals surface area contributed by atoms with Gasteiger partial charge in [-0.1, -0.05) is 60.7 Å². The number of hydrogen-bond acceptors (Lipinski definition) is 6. The van der Waals surface area contributed by atoms with Gasteiger partial charge in [-0.3, -0.25) is 5.32 Å². The third-order valence-corrected chi connectivity index (χ3v) is 4.42. The van der Waals surface area contributed by atoms with Crippen LogP contribution in [0.15, 0.2) is 60.7 Å². The van der Waals surface area contributed by atoms with Gasteiger partial charge in [-0.05, 0) is 49.6 Å². The van der Waals surface area contributed by atoms with Gasteiger partial charge in [0.2, 0.25) is 5.82 Å². The fourth-order valence-corrected chi connectivity index (χ4v) is 3.05. The first-order chi connectivity index (χ1) is 14.2. The van der Waals surface area contributed by atoms with E-state index in [-0.39, 0.29) is 5.97 Å². The predicted molar refractivity (Wildman–Crippen MR) is 116 cm³/mol. The molecule has 0 saturated heterocycles. The lowest BCUT2D eigenvalue weighted by Gasteiger charge is -2.25. The molecule has 2 aromatic carbocycles. The monoisotopic (exact) mass is 405 g/mol. The van der Waals surface area contributed by atoms with Crippen molar-refractivity contribution >= 4 is 5.97 Å². The van der Waals surface area contributed by atoms with E-state index in [4.69, 9.17) is 4.74 Å². The second kappa shape index (κ2) is 9.00. The number of tetrazole rings is 1. The van der Waals surface area contributed by atoms with Gasteiger partial charge in [0.05, 0.1) is 0 Å². The Kier molecular flexibility index (Phi) is 6.42. The number of carbonyl (C=O) groups is 1. The van der Waals surface area contributed by atoms with Crippen LogP contribution in [0.3, 0.4) is 0 Å². The smallest absolute Gasteiger partial charge is 0.327 e. The molecule has 30 heavy (non-hydrogen) atoms. The number of ether oxygens (including phenoxy) is 1. The molecule has 0 amide bonds. The molecule has 7 heteroatoms. The average molecular weight is 406 g/mol. The van der Waals surface area contributed by atoms with Crippen molar-refractivity contribution in [3.63, 3.8) is 0 Å². The van der Waals surface area contributed by atoms with Gasteiger partial charge in [0.1, 0.15) is 11.6 Å².